The van der Waals surface area contributed by atoms with Gasteiger partial charge in [-0.1, -0.05) is 20.8 Å². The van der Waals surface area contributed by atoms with Crippen LogP contribution in [0.2, 0.25) is 0 Å². The summed E-state index contributed by atoms with van der Waals surface area (Å²) in [6.45, 7) is 7.47. The molecular formula is C20H24O9. The van der Waals surface area contributed by atoms with E-state index in [0.29, 0.717) is 6.42 Å². The van der Waals surface area contributed by atoms with Crippen LogP contribution in [0.5, 0.6) is 0 Å². The monoisotopic (exact) mass is 408 g/mol. The van der Waals surface area contributed by atoms with Crippen LogP contribution in [-0.2, 0) is 33.3 Å². The molecule has 4 aliphatic heterocycles. The van der Waals surface area contributed by atoms with E-state index < -0.39 is 70.5 Å². The highest BCUT2D eigenvalue weighted by molar-refractivity contribution is 5.93. The summed E-state index contributed by atoms with van der Waals surface area (Å²) < 4.78 is 22.9. The number of aliphatic hydroxyl groups is 2. The van der Waals surface area contributed by atoms with Gasteiger partial charge in [-0.3, -0.25) is 4.79 Å². The maximum absolute atomic E-state index is 13.3. The number of carbonyl (C=O) groups is 3. The van der Waals surface area contributed by atoms with E-state index in [1.807, 2.05) is 20.8 Å². The molecule has 10 atom stereocenters. The minimum Gasteiger partial charge on any atom is -0.459 e. The Hall–Kier alpha value is -1.71. The molecule has 0 aromatic carbocycles. The molecule has 6 aliphatic rings. The zero-order chi connectivity index (χ0) is 20.9. The molecule has 9 nitrogen and oxygen atoms in total. The lowest BCUT2D eigenvalue weighted by Crippen LogP contribution is -2.66. The second-order valence-electron chi connectivity index (χ2n) is 10.6. The third-order valence-electron chi connectivity index (χ3n) is 8.97. The van der Waals surface area contributed by atoms with Gasteiger partial charge in [0, 0.05) is 6.42 Å². The van der Waals surface area contributed by atoms with E-state index >= 15 is 0 Å². The predicted molar refractivity (Wildman–Crippen MR) is 90.6 cm³/mol. The first-order valence-corrected chi connectivity index (χ1v) is 10.1. The van der Waals surface area contributed by atoms with Crippen molar-refractivity contribution in [1.29, 1.82) is 0 Å². The van der Waals surface area contributed by atoms with Gasteiger partial charge in [0.2, 0.25) is 11.9 Å². The van der Waals surface area contributed by atoms with E-state index in [1.54, 1.807) is 0 Å². The fourth-order valence-electron chi connectivity index (χ4n) is 8.06. The summed E-state index contributed by atoms with van der Waals surface area (Å²) in [4.78, 5) is 38.1. The Morgan fingerprint density at radius 2 is 1.72 bits per heavy atom. The Kier molecular flexibility index (Phi) is 2.79. The van der Waals surface area contributed by atoms with Gasteiger partial charge in [0.25, 0.3) is 0 Å². The van der Waals surface area contributed by atoms with E-state index in [1.165, 1.54) is 6.92 Å². The van der Waals surface area contributed by atoms with Crippen LogP contribution < -0.4 is 0 Å². The van der Waals surface area contributed by atoms with Crippen molar-refractivity contribution in [1.82, 2.24) is 0 Å². The largest absolute Gasteiger partial charge is 0.459 e. The highest BCUT2D eigenvalue weighted by atomic mass is 16.8. The van der Waals surface area contributed by atoms with Gasteiger partial charge < -0.3 is 29.2 Å². The van der Waals surface area contributed by atoms with Crippen LogP contribution in [0.1, 0.15) is 40.5 Å². The molecule has 4 heterocycles. The van der Waals surface area contributed by atoms with Crippen molar-refractivity contribution < 1.29 is 43.5 Å². The highest BCUT2D eigenvalue weighted by Gasteiger charge is 3.01. The van der Waals surface area contributed by atoms with Gasteiger partial charge in [-0.05, 0) is 24.7 Å². The third-order valence-corrected chi connectivity index (χ3v) is 8.97. The number of aliphatic hydroxyl groups excluding tert-OH is 1. The minimum atomic E-state index is -1.97. The molecule has 0 aromatic rings. The molecule has 4 saturated heterocycles. The van der Waals surface area contributed by atoms with Gasteiger partial charge in [-0.2, -0.15) is 0 Å². The highest BCUT2D eigenvalue weighted by Crippen LogP contribution is 2.84. The van der Waals surface area contributed by atoms with Crippen LogP contribution in [0, 0.1) is 28.1 Å². The molecule has 6 rings (SSSR count). The Morgan fingerprint density at radius 1 is 1.03 bits per heavy atom. The molecule has 0 radical (unpaired) electrons. The second-order valence-corrected chi connectivity index (χ2v) is 10.6. The smallest absolute Gasteiger partial charge is 0.342 e. The van der Waals surface area contributed by atoms with E-state index in [9.17, 15) is 24.6 Å². The quantitative estimate of drug-likeness (QED) is 0.408. The first-order valence-electron chi connectivity index (χ1n) is 10.1. The zero-order valence-electron chi connectivity index (χ0n) is 16.6. The average molecular weight is 408 g/mol. The number of carbonyl (C=O) groups excluding carboxylic acids is 3. The number of rotatable bonds is 0. The van der Waals surface area contributed by atoms with Gasteiger partial charge in [0.05, 0.1) is 16.7 Å². The summed E-state index contributed by atoms with van der Waals surface area (Å²) >= 11 is 0. The maximum Gasteiger partial charge on any atom is 0.342 e. The van der Waals surface area contributed by atoms with Crippen molar-refractivity contribution in [2.45, 2.75) is 76.3 Å². The first kappa shape index (κ1) is 18.1. The van der Waals surface area contributed by atoms with Crippen molar-refractivity contribution in [3.05, 3.63) is 0 Å². The van der Waals surface area contributed by atoms with Crippen molar-refractivity contribution in [3.63, 3.8) is 0 Å². The predicted octanol–water partition coefficient (Wildman–Crippen LogP) is -0.340. The summed E-state index contributed by atoms with van der Waals surface area (Å²) in [5.41, 5.74) is -6.81. The van der Waals surface area contributed by atoms with E-state index in [0.717, 1.165) is 0 Å². The van der Waals surface area contributed by atoms with Crippen LogP contribution in [0.25, 0.3) is 0 Å². The molecule has 2 saturated carbocycles. The molecule has 9 heteroatoms. The zero-order valence-corrected chi connectivity index (χ0v) is 16.6. The molecule has 6 fully saturated rings. The first-order chi connectivity index (χ1) is 13.4. The molecule has 0 bridgehead atoms. The van der Waals surface area contributed by atoms with Gasteiger partial charge >= 0.3 is 17.9 Å². The number of hydrogen-bond donors (Lipinski definition) is 2. The Labute approximate surface area is 166 Å². The molecule has 29 heavy (non-hydrogen) atoms. The normalized spacial score (nSPS) is 59.2. The number of fused-ring (bicyclic) bond motifs is 1. The molecule has 0 aromatic heterocycles. The maximum atomic E-state index is 13.3. The Balaban J connectivity index is 1.68. The van der Waals surface area contributed by atoms with Gasteiger partial charge in [0.15, 0.2) is 11.7 Å². The second kappa shape index (κ2) is 4.48. The average Bonchev–Trinajstić information content (AvgIpc) is 3.31. The lowest BCUT2D eigenvalue weighted by Gasteiger charge is -2.46. The van der Waals surface area contributed by atoms with Crippen molar-refractivity contribution in [2.75, 3.05) is 0 Å². The van der Waals surface area contributed by atoms with Crippen molar-refractivity contribution in [2.24, 2.45) is 28.1 Å². The third kappa shape index (κ3) is 1.35. The molecular weight excluding hydrogens is 384 g/mol. The van der Waals surface area contributed by atoms with Crippen molar-refractivity contribution >= 4 is 17.9 Å². The molecule has 158 valence electrons. The Bertz CT molecular complexity index is 893. The molecule has 2 N–H and O–H groups in total. The van der Waals surface area contributed by atoms with Crippen LogP contribution in [0.15, 0.2) is 0 Å². The summed E-state index contributed by atoms with van der Waals surface area (Å²) in [5, 5.41) is 23.0. The van der Waals surface area contributed by atoms with Gasteiger partial charge in [-0.25, -0.2) is 9.59 Å². The van der Waals surface area contributed by atoms with Crippen LogP contribution in [0.4, 0.5) is 0 Å². The van der Waals surface area contributed by atoms with E-state index in [4.69, 9.17) is 18.9 Å². The van der Waals surface area contributed by atoms with E-state index in [-0.39, 0.29) is 17.8 Å². The molecule has 2 spiro atoms. The number of hydrogen-bond acceptors (Lipinski definition) is 9. The summed E-state index contributed by atoms with van der Waals surface area (Å²) in [6.07, 6.45) is -3.96. The van der Waals surface area contributed by atoms with Gasteiger partial charge in [0.1, 0.15) is 12.2 Å². The SMILES string of the molecule is C[C@@H]1C(=O)O[C@@H]2CC34C5CC(C(C)(C)C)C36C(O)C(=O)O[C@@H]6O[C@]4(C(=O)O5)[C@]12O. The molecule has 2 aliphatic carbocycles. The summed E-state index contributed by atoms with van der Waals surface area (Å²) in [7, 11) is 0. The fourth-order valence-corrected chi connectivity index (χ4v) is 8.06. The lowest BCUT2D eigenvalue weighted by atomic mass is 9.51. The lowest BCUT2D eigenvalue weighted by molar-refractivity contribution is -0.238. The fraction of sp³-hybridized carbons (Fsp3) is 0.850. The van der Waals surface area contributed by atoms with Crippen molar-refractivity contribution in [3.8, 4) is 0 Å². The van der Waals surface area contributed by atoms with Gasteiger partial charge in [-0.15, -0.1) is 0 Å². The topological polar surface area (TPSA) is 129 Å². The van der Waals surface area contributed by atoms with Crippen LogP contribution in [0.3, 0.4) is 0 Å². The van der Waals surface area contributed by atoms with Crippen LogP contribution >= 0.6 is 0 Å². The van der Waals surface area contributed by atoms with E-state index in [2.05, 4.69) is 0 Å². The molecule has 0 amide bonds. The number of esters is 3. The summed E-state index contributed by atoms with van der Waals surface area (Å²) in [6, 6.07) is 0. The Morgan fingerprint density at radius 3 is 2.38 bits per heavy atom. The molecule has 5 unspecified atom stereocenters. The summed E-state index contributed by atoms with van der Waals surface area (Å²) in [5.74, 6) is -3.52. The van der Waals surface area contributed by atoms with Crippen LogP contribution in [-0.4, -0.2) is 63.9 Å². The standard InChI is InChI=1S/C20H24O9/c1-7-12(22)26-10-6-17-9-5-8(16(2,3)4)18(17)11(21)13(23)28-15(18)29-20(17,14(24)27-9)19(7,10)25/h7-11,15,21,25H,5-6H2,1-4H3/t7-,8?,9?,10-,11?,15-,17?,18?,19+,20+/m1/s1. The minimum absolute atomic E-state index is 0.0623. The number of ether oxygens (including phenoxy) is 4.